The molecule has 0 saturated heterocycles. The zero-order valence-corrected chi connectivity index (χ0v) is 22.5. The fourth-order valence-electron chi connectivity index (χ4n) is 3.81. The first-order valence-electron chi connectivity index (χ1n) is 13.2. The molecule has 1 heterocycles. The molecule has 0 aromatic carbocycles. The second-order valence-electron chi connectivity index (χ2n) is 8.78. The average Bonchev–Trinajstić information content (AvgIpc) is 2.80. The Balaban J connectivity index is 0.00000961. The molecular formula is C27H51ClN2OS. The van der Waals surface area contributed by atoms with Crippen LogP contribution in [0.1, 0.15) is 110 Å². The van der Waals surface area contributed by atoms with Crippen molar-refractivity contribution in [1.29, 1.82) is 0 Å². The van der Waals surface area contributed by atoms with E-state index in [4.69, 9.17) is 4.74 Å². The quantitative estimate of drug-likeness (QED) is 0.132. The van der Waals surface area contributed by atoms with Crippen LogP contribution < -0.4 is 22.3 Å². The Hall–Kier alpha value is -0.290. The SMILES string of the molecule is CCCCCCCCCCCCCCCCCCOCCNCSC[n+]1ccccc1.[Cl-]. The summed E-state index contributed by atoms with van der Waals surface area (Å²) in [6.45, 7) is 5.00. The number of hydrogen-bond donors (Lipinski definition) is 1. The van der Waals surface area contributed by atoms with Crippen molar-refractivity contribution in [3.63, 3.8) is 0 Å². The second-order valence-corrected chi connectivity index (χ2v) is 9.74. The highest BCUT2D eigenvalue weighted by Gasteiger charge is 1.98. The number of nitrogens with one attached hydrogen (secondary N) is 1. The van der Waals surface area contributed by atoms with Crippen LogP contribution in [0.15, 0.2) is 30.6 Å². The fraction of sp³-hybridized carbons (Fsp3) is 0.815. The van der Waals surface area contributed by atoms with Crippen molar-refractivity contribution in [2.24, 2.45) is 0 Å². The molecule has 0 fully saturated rings. The Morgan fingerprint density at radius 3 is 1.69 bits per heavy atom. The summed E-state index contributed by atoms with van der Waals surface area (Å²) < 4.78 is 7.94. The Morgan fingerprint density at radius 2 is 1.16 bits per heavy atom. The molecule has 32 heavy (non-hydrogen) atoms. The number of ether oxygens (including phenoxy) is 1. The van der Waals surface area contributed by atoms with Gasteiger partial charge in [-0.2, -0.15) is 4.57 Å². The van der Waals surface area contributed by atoms with Gasteiger partial charge in [0.2, 0.25) is 0 Å². The van der Waals surface area contributed by atoms with E-state index in [1.807, 2.05) is 11.8 Å². The van der Waals surface area contributed by atoms with Crippen LogP contribution in [0.5, 0.6) is 0 Å². The number of hydrogen-bond acceptors (Lipinski definition) is 3. The summed E-state index contributed by atoms with van der Waals surface area (Å²) >= 11 is 1.89. The van der Waals surface area contributed by atoms with E-state index in [1.54, 1.807) is 0 Å². The fourth-order valence-corrected chi connectivity index (χ4v) is 4.58. The van der Waals surface area contributed by atoms with Crippen molar-refractivity contribution in [2.75, 3.05) is 25.6 Å². The Labute approximate surface area is 210 Å². The van der Waals surface area contributed by atoms with E-state index in [-0.39, 0.29) is 12.4 Å². The van der Waals surface area contributed by atoms with Gasteiger partial charge in [-0.1, -0.05) is 121 Å². The summed E-state index contributed by atoms with van der Waals surface area (Å²) in [6, 6.07) is 6.19. The number of unbranched alkanes of at least 4 members (excludes halogenated alkanes) is 15. The molecule has 0 bridgehead atoms. The van der Waals surface area contributed by atoms with Gasteiger partial charge in [0.15, 0.2) is 18.3 Å². The Bertz CT molecular complexity index is 464. The molecule has 5 heteroatoms. The number of aromatic nitrogens is 1. The minimum atomic E-state index is 0. The smallest absolute Gasteiger partial charge is 0.195 e. The van der Waals surface area contributed by atoms with Gasteiger partial charge in [-0.15, -0.1) is 0 Å². The molecule has 0 unspecified atom stereocenters. The first-order valence-corrected chi connectivity index (χ1v) is 14.4. The van der Waals surface area contributed by atoms with Gasteiger partial charge < -0.3 is 22.5 Å². The molecule has 0 atom stereocenters. The van der Waals surface area contributed by atoms with Gasteiger partial charge in [0.25, 0.3) is 0 Å². The van der Waals surface area contributed by atoms with Gasteiger partial charge in [0.1, 0.15) is 0 Å². The lowest BCUT2D eigenvalue weighted by Gasteiger charge is -2.06. The molecule has 1 N–H and O–H groups in total. The van der Waals surface area contributed by atoms with Crippen molar-refractivity contribution in [2.45, 2.75) is 116 Å². The summed E-state index contributed by atoms with van der Waals surface area (Å²) in [4.78, 5) is 0. The largest absolute Gasteiger partial charge is 1.00 e. The third kappa shape index (κ3) is 22.9. The highest BCUT2D eigenvalue weighted by atomic mass is 35.5. The van der Waals surface area contributed by atoms with Crippen molar-refractivity contribution in [3.8, 4) is 0 Å². The van der Waals surface area contributed by atoms with E-state index in [2.05, 4.69) is 47.4 Å². The lowest BCUT2D eigenvalue weighted by molar-refractivity contribution is -0.675. The second kappa shape index (κ2) is 27.0. The van der Waals surface area contributed by atoms with Crippen molar-refractivity contribution < 1.29 is 21.7 Å². The summed E-state index contributed by atoms with van der Waals surface area (Å²) in [5, 5.41) is 3.44. The molecule has 0 aliphatic rings. The maximum atomic E-state index is 5.74. The van der Waals surface area contributed by atoms with E-state index < -0.39 is 0 Å². The summed E-state index contributed by atoms with van der Waals surface area (Å²) in [6.07, 6.45) is 26.9. The lowest BCUT2D eigenvalue weighted by Crippen LogP contribution is -3.00. The highest BCUT2D eigenvalue weighted by molar-refractivity contribution is 7.98. The molecule has 0 saturated carbocycles. The van der Waals surface area contributed by atoms with Gasteiger partial charge in [0, 0.05) is 31.2 Å². The molecule has 0 aliphatic heterocycles. The van der Waals surface area contributed by atoms with Crippen LogP contribution in [0, 0.1) is 0 Å². The predicted octanol–water partition coefficient (Wildman–Crippen LogP) is 4.49. The van der Waals surface area contributed by atoms with E-state index >= 15 is 0 Å². The average molecular weight is 487 g/mol. The first-order chi connectivity index (χ1) is 15.4. The van der Waals surface area contributed by atoms with Gasteiger partial charge in [-0.05, 0) is 6.42 Å². The maximum absolute atomic E-state index is 5.74. The lowest BCUT2D eigenvalue weighted by atomic mass is 10.0. The van der Waals surface area contributed by atoms with Crippen molar-refractivity contribution >= 4 is 11.8 Å². The molecule has 188 valence electrons. The van der Waals surface area contributed by atoms with Crippen LogP contribution >= 0.6 is 11.8 Å². The molecule has 0 amide bonds. The van der Waals surface area contributed by atoms with Crippen LogP contribution in [-0.2, 0) is 10.6 Å². The third-order valence-electron chi connectivity index (χ3n) is 5.79. The number of rotatable bonds is 24. The van der Waals surface area contributed by atoms with Gasteiger partial charge >= 0.3 is 0 Å². The molecule has 1 rings (SSSR count). The minimum absolute atomic E-state index is 0. The van der Waals surface area contributed by atoms with Gasteiger partial charge in [-0.3, -0.25) is 0 Å². The summed E-state index contributed by atoms with van der Waals surface area (Å²) in [5.74, 6) is 1.97. The first kappa shape index (κ1) is 31.7. The molecule has 1 aromatic heterocycles. The van der Waals surface area contributed by atoms with Gasteiger partial charge in [0.05, 0.1) is 6.61 Å². The Kier molecular flexibility index (Phi) is 26.7. The normalized spacial score (nSPS) is 10.9. The molecule has 0 aliphatic carbocycles. The third-order valence-corrected chi connectivity index (χ3v) is 6.68. The zero-order valence-electron chi connectivity index (χ0n) is 20.9. The minimum Gasteiger partial charge on any atom is -1.00 e. The molecule has 3 nitrogen and oxygen atoms in total. The summed E-state index contributed by atoms with van der Waals surface area (Å²) in [5.41, 5.74) is 0. The molecule has 1 aromatic rings. The van der Waals surface area contributed by atoms with Crippen LogP contribution in [0.4, 0.5) is 0 Å². The van der Waals surface area contributed by atoms with Crippen molar-refractivity contribution in [1.82, 2.24) is 5.32 Å². The predicted molar refractivity (Wildman–Crippen MR) is 137 cm³/mol. The van der Waals surface area contributed by atoms with Crippen LogP contribution in [0.25, 0.3) is 0 Å². The van der Waals surface area contributed by atoms with Crippen LogP contribution in [0.2, 0.25) is 0 Å². The summed E-state index contributed by atoms with van der Waals surface area (Å²) in [7, 11) is 0. The number of halogens is 1. The highest BCUT2D eigenvalue weighted by Crippen LogP contribution is 2.13. The Morgan fingerprint density at radius 1 is 0.656 bits per heavy atom. The van der Waals surface area contributed by atoms with E-state index in [0.29, 0.717) is 0 Å². The van der Waals surface area contributed by atoms with E-state index in [1.165, 1.54) is 103 Å². The van der Waals surface area contributed by atoms with Crippen LogP contribution in [-0.4, -0.2) is 25.6 Å². The number of thioether (sulfide) groups is 1. The number of nitrogens with zero attached hydrogens (tertiary/aromatic N) is 1. The maximum Gasteiger partial charge on any atom is 0.195 e. The van der Waals surface area contributed by atoms with Crippen molar-refractivity contribution in [3.05, 3.63) is 30.6 Å². The molecule has 0 radical (unpaired) electrons. The van der Waals surface area contributed by atoms with Gasteiger partial charge in [-0.25, -0.2) is 0 Å². The van der Waals surface area contributed by atoms with Crippen LogP contribution in [0.3, 0.4) is 0 Å². The number of pyridine rings is 1. The topological polar surface area (TPSA) is 25.1 Å². The molecule has 0 spiro atoms. The monoisotopic (exact) mass is 486 g/mol. The zero-order chi connectivity index (χ0) is 22.1. The standard InChI is InChI=1S/C27H51N2OS.ClH/c1-2-3-4-5-6-7-8-9-10-11-12-13-14-15-16-20-24-30-25-21-28-26-31-27-29-22-18-17-19-23-29;/h17-19,22-23,28H,2-16,20-21,24-27H2,1H3;1H/q+1;/p-1. The molecular weight excluding hydrogens is 436 g/mol. The van der Waals surface area contributed by atoms with E-state index in [0.717, 1.165) is 31.5 Å². The van der Waals surface area contributed by atoms with E-state index in [9.17, 15) is 0 Å².